The normalized spacial score (nSPS) is 16.4. The molecule has 0 radical (unpaired) electrons. The van der Waals surface area contributed by atoms with Crippen molar-refractivity contribution >= 4 is 11.0 Å². The van der Waals surface area contributed by atoms with Gasteiger partial charge in [0, 0.05) is 19.6 Å². The summed E-state index contributed by atoms with van der Waals surface area (Å²) in [7, 11) is 0. The van der Waals surface area contributed by atoms with Crippen LogP contribution in [0, 0.1) is 0 Å². The molecule has 1 aliphatic rings. The topological polar surface area (TPSA) is 50.3 Å². The molecule has 5 nitrogen and oxygen atoms in total. The Balaban J connectivity index is 1.39. The van der Waals surface area contributed by atoms with Crippen molar-refractivity contribution in [2.45, 2.75) is 13.0 Å². The first-order valence-electron chi connectivity index (χ1n) is 7.63. The summed E-state index contributed by atoms with van der Waals surface area (Å²) in [6.45, 7) is 6.80. The molecule has 2 aromatic rings. The van der Waals surface area contributed by atoms with Gasteiger partial charge in [-0.3, -0.25) is 9.88 Å². The first-order chi connectivity index (χ1) is 10.4. The van der Waals surface area contributed by atoms with Crippen LogP contribution in [0.4, 0.5) is 0 Å². The van der Waals surface area contributed by atoms with Crippen molar-refractivity contribution in [1.82, 2.24) is 20.2 Å². The molecule has 0 amide bonds. The van der Waals surface area contributed by atoms with E-state index in [-0.39, 0.29) is 0 Å². The van der Waals surface area contributed by atoms with E-state index in [0.717, 1.165) is 69.1 Å². The molecule has 1 aromatic carbocycles. The van der Waals surface area contributed by atoms with Gasteiger partial charge < -0.3 is 10.1 Å². The molecule has 2 heterocycles. The second-order valence-electron chi connectivity index (χ2n) is 5.33. The SMILES string of the molecule is c1ccc2nc(CNCCCN3CCOCC3)cnc2c1. The maximum Gasteiger partial charge on any atom is 0.0890 e. The number of benzene rings is 1. The number of hydrogen-bond acceptors (Lipinski definition) is 5. The Morgan fingerprint density at radius 1 is 1.14 bits per heavy atom. The van der Waals surface area contributed by atoms with Gasteiger partial charge in [-0.15, -0.1) is 0 Å². The molecular formula is C16H22N4O. The summed E-state index contributed by atoms with van der Waals surface area (Å²) in [5.74, 6) is 0. The van der Waals surface area contributed by atoms with Crippen LogP contribution in [0.5, 0.6) is 0 Å². The van der Waals surface area contributed by atoms with Gasteiger partial charge in [0.05, 0.1) is 36.1 Å². The molecule has 1 saturated heterocycles. The molecule has 0 saturated carbocycles. The lowest BCUT2D eigenvalue weighted by Crippen LogP contribution is -2.37. The Morgan fingerprint density at radius 2 is 1.95 bits per heavy atom. The Labute approximate surface area is 125 Å². The molecule has 1 aliphatic heterocycles. The fraction of sp³-hybridized carbons (Fsp3) is 0.500. The zero-order valence-corrected chi connectivity index (χ0v) is 12.3. The Morgan fingerprint density at radius 3 is 2.81 bits per heavy atom. The van der Waals surface area contributed by atoms with Crippen LogP contribution in [-0.4, -0.2) is 54.3 Å². The summed E-state index contributed by atoms with van der Waals surface area (Å²) in [5, 5.41) is 3.45. The van der Waals surface area contributed by atoms with Crippen molar-refractivity contribution < 1.29 is 4.74 Å². The van der Waals surface area contributed by atoms with Crippen LogP contribution in [0.3, 0.4) is 0 Å². The average molecular weight is 286 g/mol. The van der Waals surface area contributed by atoms with Gasteiger partial charge in [-0.05, 0) is 31.6 Å². The van der Waals surface area contributed by atoms with Crippen molar-refractivity contribution in [3.8, 4) is 0 Å². The number of nitrogens with zero attached hydrogens (tertiary/aromatic N) is 3. The highest BCUT2D eigenvalue weighted by molar-refractivity contribution is 5.73. The van der Waals surface area contributed by atoms with Crippen molar-refractivity contribution in [1.29, 1.82) is 0 Å². The van der Waals surface area contributed by atoms with E-state index >= 15 is 0 Å². The number of rotatable bonds is 6. The minimum atomic E-state index is 0.779. The monoisotopic (exact) mass is 286 g/mol. The van der Waals surface area contributed by atoms with Crippen LogP contribution in [0.2, 0.25) is 0 Å². The van der Waals surface area contributed by atoms with E-state index in [9.17, 15) is 0 Å². The van der Waals surface area contributed by atoms with Gasteiger partial charge in [-0.2, -0.15) is 0 Å². The highest BCUT2D eigenvalue weighted by Gasteiger charge is 2.08. The lowest BCUT2D eigenvalue weighted by atomic mass is 10.3. The van der Waals surface area contributed by atoms with Crippen LogP contribution in [0.15, 0.2) is 30.5 Å². The van der Waals surface area contributed by atoms with Crippen molar-refractivity contribution in [2.75, 3.05) is 39.4 Å². The van der Waals surface area contributed by atoms with Crippen LogP contribution in [0.1, 0.15) is 12.1 Å². The van der Waals surface area contributed by atoms with Crippen molar-refractivity contribution in [3.05, 3.63) is 36.2 Å². The molecule has 5 heteroatoms. The average Bonchev–Trinajstić information content (AvgIpc) is 2.55. The Hall–Kier alpha value is -1.56. The smallest absolute Gasteiger partial charge is 0.0890 e. The second kappa shape index (κ2) is 7.45. The summed E-state index contributed by atoms with van der Waals surface area (Å²) < 4.78 is 5.35. The lowest BCUT2D eigenvalue weighted by Gasteiger charge is -2.26. The Kier molecular flexibility index (Phi) is 5.10. The minimum absolute atomic E-state index is 0.779. The number of hydrogen-bond donors (Lipinski definition) is 1. The van der Waals surface area contributed by atoms with Gasteiger partial charge in [0.15, 0.2) is 0 Å². The van der Waals surface area contributed by atoms with E-state index in [1.807, 2.05) is 30.5 Å². The molecule has 3 rings (SSSR count). The number of aromatic nitrogens is 2. The molecule has 1 N–H and O–H groups in total. The minimum Gasteiger partial charge on any atom is -0.379 e. The van der Waals surface area contributed by atoms with Crippen LogP contribution in [-0.2, 0) is 11.3 Å². The Bertz CT molecular complexity index is 569. The molecule has 0 spiro atoms. The summed E-state index contributed by atoms with van der Waals surface area (Å²) in [6, 6.07) is 7.98. The molecule has 0 bridgehead atoms. The third-order valence-corrected chi connectivity index (χ3v) is 3.74. The maximum absolute atomic E-state index is 5.35. The molecule has 112 valence electrons. The van der Waals surface area contributed by atoms with Crippen molar-refractivity contribution in [3.63, 3.8) is 0 Å². The standard InChI is InChI=1S/C16H22N4O/c1-2-5-16-15(4-1)18-13-14(19-16)12-17-6-3-7-20-8-10-21-11-9-20/h1-2,4-5,13,17H,3,6-12H2. The summed E-state index contributed by atoms with van der Waals surface area (Å²) in [5.41, 5.74) is 2.92. The van der Waals surface area contributed by atoms with E-state index < -0.39 is 0 Å². The maximum atomic E-state index is 5.35. The first-order valence-corrected chi connectivity index (χ1v) is 7.63. The molecule has 1 aromatic heterocycles. The van der Waals surface area contributed by atoms with Gasteiger partial charge in [-0.1, -0.05) is 12.1 Å². The summed E-state index contributed by atoms with van der Waals surface area (Å²) in [6.07, 6.45) is 3.01. The molecule has 0 atom stereocenters. The quantitative estimate of drug-likeness (QED) is 0.814. The molecule has 21 heavy (non-hydrogen) atoms. The number of para-hydroxylation sites is 2. The third-order valence-electron chi connectivity index (χ3n) is 3.74. The fourth-order valence-electron chi connectivity index (χ4n) is 2.55. The van der Waals surface area contributed by atoms with E-state index in [2.05, 4.69) is 20.2 Å². The number of nitrogens with one attached hydrogen (secondary N) is 1. The number of morpholine rings is 1. The summed E-state index contributed by atoms with van der Waals surface area (Å²) in [4.78, 5) is 11.5. The first kappa shape index (κ1) is 14.4. The number of fused-ring (bicyclic) bond motifs is 1. The van der Waals surface area contributed by atoms with Crippen LogP contribution >= 0.6 is 0 Å². The van der Waals surface area contributed by atoms with Gasteiger partial charge >= 0.3 is 0 Å². The van der Waals surface area contributed by atoms with Gasteiger partial charge in [-0.25, -0.2) is 4.98 Å². The highest BCUT2D eigenvalue weighted by atomic mass is 16.5. The predicted molar refractivity (Wildman–Crippen MR) is 83.1 cm³/mol. The van der Waals surface area contributed by atoms with E-state index in [1.165, 1.54) is 0 Å². The molecule has 1 fully saturated rings. The zero-order valence-electron chi connectivity index (χ0n) is 12.3. The molecular weight excluding hydrogens is 264 g/mol. The number of ether oxygens (including phenoxy) is 1. The second-order valence-corrected chi connectivity index (χ2v) is 5.33. The fourth-order valence-corrected chi connectivity index (χ4v) is 2.55. The van der Waals surface area contributed by atoms with Gasteiger partial charge in [0.25, 0.3) is 0 Å². The van der Waals surface area contributed by atoms with Gasteiger partial charge in [0.2, 0.25) is 0 Å². The van der Waals surface area contributed by atoms with E-state index in [1.54, 1.807) is 0 Å². The third kappa shape index (κ3) is 4.20. The zero-order chi connectivity index (χ0) is 14.3. The van der Waals surface area contributed by atoms with Crippen molar-refractivity contribution in [2.24, 2.45) is 0 Å². The van der Waals surface area contributed by atoms with E-state index in [4.69, 9.17) is 4.74 Å². The predicted octanol–water partition coefficient (Wildman–Crippen LogP) is 1.44. The van der Waals surface area contributed by atoms with Crippen LogP contribution in [0.25, 0.3) is 11.0 Å². The highest BCUT2D eigenvalue weighted by Crippen LogP contribution is 2.08. The van der Waals surface area contributed by atoms with Gasteiger partial charge in [0.1, 0.15) is 0 Å². The largest absolute Gasteiger partial charge is 0.379 e. The molecule has 0 aliphatic carbocycles. The van der Waals surface area contributed by atoms with E-state index in [0.29, 0.717) is 0 Å². The summed E-state index contributed by atoms with van der Waals surface area (Å²) >= 11 is 0. The van der Waals surface area contributed by atoms with Crippen LogP contribution < -0.4 is 5.32 Å². The molecule has 0 unspecified atom stereocenters. The lowest BCUT2D eigenvalue weighted by molar-refractivity contribution is 0.0374.